The van der Waals surface area contributed by atoms with Crippen molar-refractivity contribution in [2.75, 3.05) is 20.3 Å². The summed E-state index contributed by atoms with van der Waals surface area (Å²) in [4.78, 5) is 38.5. The van der Waals surface area contributed by atoms with Gasteiger partial charge in [0.25, 0.3) is 5.54 Å². The third-order valence-corrected chi connectivity index (χ3v) is 4.78. The number of carbonyl (C=O) groups is 2. The molecule has 222 valence electrons. The number of esters is 1. The van der Waals surface area contributed by atoms with E-state index < -0.39 is 28.5 Å². The molecule has 0 radical (unpaired) electrons. The highest BCUT2D eigenvalue weighted by Crippen LogP contribution is 2.19. The van der Waals surface area contributed by atoms with E-state index in [9.17, 15) is 9.59 Å². The summed E-state index contributed by atoms with van der Waals surface area (Å²) >= 11 is 0. The van der Waals surface area contributed by atoms with Gasteiger partial charge in [-0.1, -0.05) is 13.8 Å². The summed E-state index contributed by atoms with van der Waals surface area (Å²) in [5.74, 6) is 0.426. The number of hydrogen-bond donors (Lipinski definition) is 5. The molecule has 15 heteroatoms. The summed E-state index contributed by atoms with van der Waals surface area (Å²) in [6.45, 7) is 36.2. The number of hydrogen-bond acceptors (Lipinski definition) is 9. The number of nitrogens with two attached hydrogens (primary N) is 2. The van der Waals surface area contributed by atoms with Crippen molar-refractivity contribution in [1.82, 2.24) is 30.4 Å². The molecule has 2 aromatic rings. The van der Waals surface area contributed by atoms with Gasteiger partial charge >= 0.3 is 23.0 Å². The van der Waals surface area contributed by atoms with E-state index in [0.29, 0.717) is 19.0 Å². The minimum absolute atomic E-state index is 0.0868. The Morgan fingerprint density at radius 2 is 1.30 bits per heavy atom. The van der Waals surface area contributed by atoms with Crippen LogP contribution in [0.15, 0.2) is 12.7 Å². The summed E-state index contributed by atoms with van der Waals surface area (Å²) in [6.07, 6.45) is 2.90. The lowest BCUT2D eigenvalue weighted by Crippen LogP contribution is -2.34. The smallest absolute Gasteiger partial charge is 0.392 e. The standard InChI is InChI=1S/C7H11NO2.C6H8N4.C6H12N4.C5H8N2O.CH4O/c1-5-10-6(9)7(2,3)8-4;1-6(2,7-3)5-8-4-9-10-5;1-6(2,3-7)5-8-4-9-10-5;1-5(2,7-3)4(6)8;1-2/h5H2,1-3H3;4H,1-2H3,(H,8,9,10);4H,3,7H2,1-2H3,(H,8,9,10);1-2H3,(H2,6,8);2H,1H3. The first-order chi connectivity index (χ1) is 18.4. The van der Waals surface area contributed by atoms with E-state index in [-0.39, 0.29) is 5.41 Å². The normalized spacial score (nSPS) is 10.4. The fourth-order valence-corrected chi connectivity index (χ4v) is 1.59. The molecule has 0 fully saturated rings. The first kappa shape index (κ1) is 40.1. The molecule has 40 heavy (non-hydrogen) atoms. The number of nitrogens with zero attached hydrogens (tertiary/aromatic N) is 7. The molecule has 0 aliphatic rings. The van der Waals surface area contributed by atoms with Gasteiger partial charge in [-0.15, -0.1) is 0 Å². The number of ether oxygens (including phenoxy) is 1. The van der Waals surface area contributed by atoms with Gasteiger partial charge in [0.2, 0.25) is 5.82 Å². The van der Waals surface area contributed by atoms with E-state index in [4.69, 9.17) is 36.3 Å². The molecule has 0 atom stereocenters. The molecule has 0 saturated carbocycles. The molecule has 0 unspecified atom stereocenters. The number of aromatic amines is 2. The van der Waals surface area contributed by atoms with Gasteiger partial charge in [-0.25, -0.2) is 34.5 Å². The minimum Gasteiger partial charge on any atom is -0.460 e. The zero-order valence-corrected chi connectivity index (χ0v) is 25.0. The Morgan fingerprint density at radius 3 is 1.55 bits per heavy atom. The summed E-state index contributed by atoms with van der Waals surface area (Å²) in [5.41, 5.74) is 7.63. The highest BCUT2D eigenvalue weighted by Gasteiger charge is 2.35. The Kier molecular flexibility index (Phi) is 18.8. The van der Waals surface area contributed by atoms with Gasteiger partial charge in [-0.05, 0) is 6.92 Å². The number of aliphatic hydroxyl groups is 1. The number of H-pyrrole nitrogens is 2. The molecule has 15 nitrogen and oxygen atoms in total. The fourth-order valence-electron chi connectivity index (χ4n) is 1.59. The molecule has 2 heterocycles. The highest BCUT2D eigenvalue weighted by molar-refractivity contribution is 5.85. The molecule has 2 rings (SSSR count). The molecular formula is C25H43N11O4. The number of aliphatic hydroxyl groups excluding tert-OH is 1. The summed E-state index contributed by atoms with van der Waals surface area (Å²) in [5, 5.41) is 19.8. The van der Waals surface area contributed by atoms with Crippen LogP contribution in [0.25, 0.3) is 14.5 Å². The Hall–Kier alpha value is -4.39. The van der Waals surface area contributed by atoms with Crippen molar-refractivity contribution >= 4 is 11.9 Å². The van der Waals surface area contributed by atoms with Crippen molar-refractivity contribution in [2.24, 2.45) is 11.5 Å². The number of amides is 1. The maximum absolute atomic E-state index is 10.9. The van der Waals surface area contributed by atoms with Crippen molar-refractivity contribution in [3.63, 3.8) is 0 Å². The highest BCUT2D eigenvalue weighted by atomic mass is 16.5. The molecule has 0 saturated heterocycles. The number of aromatic nitrogens is 6. The van der Waals surface area contributed by atoms with Crippen LogP contribution in [-0.2, 0) is 25.3 Å². The SMILES string of the molecule is CC(C)(CN)c1ncn[nH]1.CO.[C-]#[N+]C(C)(C)C(=O)OCC.[C-]#[N+]C(C)(C)C(N)=O.[C-]#[N+]C(C)(C)c1ncn[nH]1. The van der Waals surface area contributed by atoms with Gasteiger partial charge in [-0.2, -0.15) is 10.2 Å². The Labute approximate surface area is 236 Å². The van der Waals surface area contributed by atoms with E-state index in [2.05, 4.69) is 49.6 Å². The quantitative estimate of drug-likeness (QED) is 0.257. The van der Waals surface area contributed by atoms with E-state index in [1.165, 1.54) is 40.3 Å². The molecule has 0 bridgehead atoms. The van der Waals surface area contributed by atoms with E-state index in [1.54, 1.807) is 20.8 Å². The van der Waals surface area contributed by atoms with Gasteiger partial charge in [-0.3, -0.25) is 19.8 Å². The number of nitrogens with one attached hydrogen (secondary N) is 2. The van der Waals surface area contributed by atoms with Crippen molar-refractivity contribution < 1.29 is 19.4 Å². The van der Waals surface area contributed by atoms with Crippen LogP contribution < -0.4 is 11.5 Å². The molecule has 2 aromatic heterocycles. The second kappa shape index (κ2) is 18.8. The van der Waals surface area contributed by atoms with Gasteiger partial charge in [0.15, 0.2) is 0 Å². The zero-order chi connectivity index (χ0) is 32.2. The average molecular weight is 562 g/mol. The Morgan fingerprint density at radius 1 is 0.875 bits per heavy atom. The van der Waals surface area contributed by atoms with Crippen LogP contribution >= 0.6 is 0 Å². The molecule has 0 aromatic carbocycles. The maximum Gasteiger partial charge on any atom is 0.392 e. The summed E-state index contributed by atoms with van der Waals surface area (Å²) < 4.78 is 4.64. The molecule has 7 N–H and O–H groups in total. The first-order valence-electron chi connectivity index (χ1n) is 11.9. The minimum atomic E-state index is -1.03. The molecular weight excluding hydrogens is 518 g/mol. The zero-order valence-electron chi connectivity index (χ0n) is 25.0. The Bertz CT molecular complexity index is 1100. The monoisotopic (exact) mass is 561 g/mol. The van der Waals surface area contributed by atoms with Crippen molar-refractivity contribution in [3.05, 3.63) is 58.6 Å². The number of rotatable bonds is 6. The predicted octanol–water partition coefficient (Wildman–Crippen LogP) is 2.03. The van der Waals surface area contributed by atoms with E-state index in [1.807, 2.05) is 13.8 Å². The van der Waals surface area contributed by atoms with Gasteiger partial charge in [0, 0.05) is 60.6 Å². The van der Waals surface area contributed by atoms with Crippen LogP contribution in [0.1, 0.15) is 74.0 Å². The van der Waals surface area contributed by atoms with Crippen LogP contribution in [0.4, 0.5) is 0 Å². The molecule has 0 aliphatic heterocycles. The second-order valence-corrected chi connectivity index (χ2v) is 9.85. The molecule has 0 spiro atoms. The largest absolute Gasteiger partial charge is 0.460 e. The van der Waals surface area contributed by atoms with E-state index in [0.717, 1.165) is 12.9 Å². The lowest BCUT2D eigenvalue weighted by atomic mass is 9.93. The van der Waals surface area contributed by atoms with E-state index >= 15 is 0 Å². The van der Waals surface area contributed by atoms with Crippen molar-refractivity contribution in [3.8, 4) is 0 Å². The molecule has 0 aliphatic carbocycles. The van der Waals surface area contributed by atoms with Crippen LogP contribution in [0.5, 0.6) is 0 Å². The predicted molar refractivity (Wildman–Crippen MR) is 150 cm³/mol. The van der Waals surface area contributed by atoms with Gasteiger partial charge in [0.1, 0.15) is 18.5 Å². The first-order valence-corrected chi connectivity index (χ1v) is 11.9. The lowest BCUT2D eigenvalue weighted by molar-refractivity contribution is -0.146. The van der Waals surface area contributed by atoms with Crippen LogP contribution in [0.3, 0.4) is 0 Å². The third kappa shape index (κ3) is 15.1. The van der Waals surface area contributed by atoms with Crippen molar-refractivity contribution in [1.29, 1.82) is 0 Å². The average Bonchev–Trinajstić information content (AvgIpc) is 3.67. The Balaban J connectivity index is -0.000000448. The van der Waals surface area contributed by atoms with Crippen LogP contribution in [0, 0.1) is 19.7 Å². The lowest BCUT2D eigenvalue weighted by Gasteiger charge is -2.17. The topological polar surface area (TPSA) is 212 Å². The summed E-state index contributed by atoms with van der Waals surface area (Å²) in [6, 6.07) is 0. The van der Waals surface area contributed by atoms with Crippen LogP contribution in [0.2, 0.25) is 0 Å². The summed E-state index contributed by atoms with van der Waals surface area (Å²) in [7, 11) is 1.00. The second-order valence-electron chi connectivity index (χ2n) is 9.85. The van der Waals surface area contributed by atoms with Crippen LogP contribution in [-0.4, -0.2) is 78.7 Å². The number of primary amides is 1. The van der Waals surface area contributed by atoms with Gasteiger partial charge < -0.3 is 31.0 Å². The third-order valence-electron chi connectivity index (χ3n) is 4.78. The fraction of sp³-hybridized carbons (Fsp3) is 0.640. The number of carbonyl (C=O) groups excluding carboxylic acids is 2. The van der Waals surface area contributed by atoms with Gasteiger partial charge in [0.05, 0.1) is 6.61 Å². The van der Waals surface area contributed by atoms with Crippen molar-refractivity contribution in [2.45, 2.75) is 84.3 Å². The molecule has 1 amide bonds. The maximum atomic E-state index is 10.9.